The molecule has 14 heavy (non-hydrogen) atoms. The number of aliphatic hydroxyl groups is 1. The summed E-state index contributed by atoms with van der Waals surface area (Å²) in [4.78, 5) is 8.87. The van der Waals surface area contributed by atoms with Crippen LogP contribution in [0.15, 0.2) is 24.5 Å². The van der Waals surface area contributed by atoms with Crippen molar-refractivity contribution in [1.82, 2.24) is 14.9 Å². The molecule has 1 aromatic heterocycles. The zero-order chi connectivity index (χ0) is 10.1. The number of aromatic nitrogens is 2. The largest absolute Gasteiger partial charge is 0.374 e. The Morgan fingerprint density at radius 3 is 2.93 bits per heavy atom. The third kappa shape index (κ3) is 1.49. The van der Waals surface area contributed by atoms with E-state index in [1.165, 1.54) is 0 Å². The molecule has 1 atom stereocenters. The molecule has 4 nitrogen and oxygen atoms in total. The second-order valence-corrected chi connectivity index (χ2v) is 3.52. The van der Waals surface area contributed by atoms with Crippen molar-refractivity contribution in [3.8, 4) is 0 Å². The normalized spacial score (nSPS) is 13.7. The lowest BCUT2D eigenvalue weighted by molar-refractivity contribution is 0.0396. The zero-order valence-corrected chi connectivity index (χ0v) is 8.23. The summed E-state index contributed by atoms with van der Waals surface area (Å²) in [6, 6.07) is 5.69. The standard InChI is InChI=1S/C10H13N3O/c1-13(2)10(14)7-3-4-8-9(5-7)12-6-11-8/h3-6,10,14H,1-2H3,(H,11,12). The molecule has 74 valence electrons. The van der Waals surface area contributed by atoms with Crippen LogP contribution >= 0.6 is 0 Å². The van der Waals surface area contributed by atoms with E-state index in [2.05, 4.69) is 9.97 Å². The molecule has 0 saturated heterocycles. The van der Waals surface area contributed by atoms with Crippen molar-refractivity contribution in [2.24, 2.45) is 0 Å². The number of H-pyrrole nitrogens is 1. The SMILES string of the molecule is CN(C)C(O)c1ccc2nc[nH]c2c1. The fourth-order valence-electron chi connectivity index (χ4n) is 1.41. The molecular weight excluding hydrogens is 178 g/mol. The number of imidazole rings is 1. The minimum Gasteiger partial charge on any atom is -0.374 e. The Morgan fingerprint density at radius 2 is 2.21 bits per heavy atom. The molecule has 1 aromatic carbocycles. The Hall–Kier alpha value is -1.39. The van der Waals surface area contributed by atoms with E-state index < -0.39 is 6.23 Å². The Morgan fingerprint density at radius 1 is 1.43 bits per heavy atom. The van der Waals surface area contributed by atoms with Crippen LogP contribution in [0.3, 0.4) is 0 Å². The number of benzene rings is 1. The van der Waals surface area contributed by atoms with Gasteiger partial charge in [-0.1, -0.05) is 6.07 Å². The first-order valence-corrected chi connectivity index (χ1v) is 4.46. The highest BCUT2D eigenvalue weighted by atomic mass is 16.3. The van der Waals surface area contributed by atoms with Gasteiger partial charge in [-0.3, -0.25) is 4.90 Å². The minimum absolute atomic E-state index is 0.567. The third-order valence-corrected chi connectivity index (χ3v) is 2.23. The summed E-state index contributed by atoms with van der Waals surface area (Å²) >= 11 is 0. The number of aromatic amines is 1. The Balaban J connectivity index is 2.43. The van der Waals surface area contributed by atoms with Crippen LogP contribution in [0, 0.1) is 0 Å². The van der Waals surface area contributed by atoms with Gasteiger partial charge >= 0.3 is 0 Å². The second kappa shape index (κ2) is 3.40. The highest BCUT2D eigenvalue weighted by Gasteiger charge is 2.10. The lowest BCUT2D eigenvalue weighted by Crippen LogP contribution is -2.18. The van der Waals surface area contributed by atoms with Gasteiger partial charge in [0.05, 0.1) is 17.4 Å². The van der Waals surface area contributed by atoms with E-state index in [1.807, 2.05) is 32.3 Å². The number of nitrogens with zero attached hydrogens (tertiary/aromatic N) is 2. The minimum atomic E-state index is -0.567. The van der Waals surface area contributed by atoms with Gasteiger partial charge in [0, 0.05) is 0 Å². The maximum absolute atomic E-state index is 9.79. The summed E-state index contributed by atoms with van der Waals surface area (Å²) < 4.78 is 0. The van der Waals surface area contributed by atoms with Crippen LogP contribution in [-0.4, -0.2) is 34.1 Å². The van der Waals surface area contributed by atoms with E-state index in [1.54, 1.807) is 11.2 Å². The fraction of sp³-hybridized carbons (Fsp3) is 0.300. The van der Waals surface area contributed by atoms with E-state index in [0.29, 0.717) is 0 Å². The van der Waals surface area contributed by atoms with Gasteiger partial charge in [-0.15, -0.1) is 0 Å². The average molecular weight is 191 g/mol. The number of nitrogens with one attached hydrogen (secondary N) is 1. The van der Waals surface area contributed by atoms with Gasteiger partial charge in [0.25, 0.3) is 0 Å². The predicted octanol–water partition coefficient (Wildman–Crippen LogP) is 1.12. The summed E-state index contributed by atoms with van der Waals surface area (Å²) in [5.74, 6) is 0. The van der Waals surface area contributed by atoms with Crippen LogP contribution < -0.4 is 0 Å². The molecule has 1 unspecified atom stereocenters. The molecule has 4 heteroatoms. The second-order valence-electron chi connectivity index (χ2n) is 3.52. The molecule has 0 spiro atoms. The van der Waals surface area contributed by atoms with Gasteiger partial charge in [-0.05, 0) is 31.8 Å². The van der Waals surface area contributed by atoms with Gasteiger partial charge in [0.2, 0.25) is 0 Å². The van der Waals surface area contributed by atoms with Crippen LogP contribution in [-0.2, 0) is 0 Å². The summed E-state index contributed by atoms with van der Waals surface area (Å²) in [7, 11) is 3.67. The Bertz CT molecular complexity index is 436. The molecule has 0 radical (unpaired) electrons. The van der Waals surface area contributed by atoms with Crippen LogP contribution in [0.2, 0.25) is 0 Å². The average Bonchev–Trinajstić information content (AvgIpc) is 2.62. The van der Waals surface area contributed by atoms with E-state index >= 15 is 0 Å². The lowest BCUT2D eigenvalue weighted by Gasteiger charge is -2.18. The van der Waals surface area contributed by atoms with Crippen LogP contribution in [0.4, 0.5) is 0 Å². The fourth-order valence-corrected chi connectivity index (χ4v) is 1.41. The molecule has 0 fully saturated rings. The van der Waals surface area contributed by atoms with Gasteiger partial charge in [0.1, 0.15) is 6.23 Å². The van der Waals surface area contributed by atoms with Crippen molar-refractivity contribution in [3.63, 3.8) is 0 Å². The Kier molecular flexibility index (Phi) is 2.23. The lowest BCUT2D eigenvalue weighted by atomic mass is 10.1. The summed E-state index contributed by atoms with van der Waals surface area (Å²) in [6.45, 7) is 0. The van der Waals surface area contributed by atoms with Crippen molar-refractivity contribution >= 4 is 11.0 Å². The number of rotatable bonds is 2. The topological polar surface area (TPSA) is 52.1 Å². The van der Waals surface area contributed by atoms with E-state index in [4.69, 9.17) is 0 Å². The highest BCUT2D eigenvalue weighted by Crippen LogP contribution is 2.18. The molecule has 2 rings (SSSR count). The van der Waals surface area contributed by atoms with E-state index in [9.17, 15) is 5.11 Å². The smallest absolute Gasteiger partial charge is 0.133 e. The molecule has 1 heterocycles. The van der Waals surface area contributed by atoms with Crippen molar-refractivity contribution in [2.75, 3.05) is 14.1 Å². The third-order valence-electron chi connectivity index (χ3n) is 2.23. The molecule has 0 aliphatic carbocycles. The van der Waals surface area contributed by atoms with Gasteiger partial charge in [-0.25, -0.2) is 4.98 Å². The molecular formula is C10H13N3O. The van der Waals surface area contributed by atoms with E-state index in [-0.39, 0.29) is 0 Å². The number of aliphatic hydroxyl groups excluding tert-OH is 1. The van der Waals surface area contributed by atoms with Crippen LogP contribution in [0.5, 0.6) is 0 Å². The summed E-state index contributed by atoms with van der Waals surface area (Å²) in [5, 5.41) is 9.79. The molecule has 0 bridgehead atoms. The molecule has 0 aliphatic rings. The molecule has 2 N–H and O–H groups in total. The molecule has 2 aromatic rings. The summed E-state index contributed by atoms with van der Waals surface area (Å²) in [5.41, 5.74) is 2.73. The van der Waals surface area contributed by atoms with Gasteiger partial charge in [-0.2, -0.15) is 0 Å². The highest BCUT2D eigenvalue weighted by molar-refractivity contribution is 5.75. The first-order valence-electron chi connectivity index (χ1n) is 4.46. The van der Waals surface area contributed by atoms with Crippen LogP contribution in [0.1, 0.15) is 11.8 Å². The van der Waals surface area contributed by atoms with Crippen molar-refractivity contribution < 1.29 is 5.11 Å². The first-order chi connectivity index (χ1) is 6.68. The number of hydrogen-bond acceptors (Lipinski definition) is 3. The number of hydrogen-bond donors (Lipinski definition) is 2. The van der Waals surface area contributed by atoms with Crippen molar-refractivity contribution in [2.45, 2.75) is 6.23 Å². The number of fused-ring (bicyclic) bond motifs is 1. The molecule has 0 saturated carbocycles. The quantitative estimate of drug-likeness (QED) is 0.699. The summed E-state index contributed by atoms with van der Waals surface area (Å²) in [6.07, 6.45) is 1.08. The Labute approximate surface area is 82.2 Å². The monoisotopic (exact) mass is 191 g/mol. The van der Waals surface area contributed by atoms with Crippen molar-refractivity contribution in [3.05, 3.63) is 30.1 Å². The molecule has 0 amide bonds. The molecule has 0 aliphatic heterocycles. The van der Waals surface area contributed by atoms with Crippen LogP contribution in [0.25, 0.3) is 11.0 Å². The van der Waals surface area contributed by atoms with E-state index in [0.717, 1.165) is 16.6 Å². The van der Waals surface area contributed by atoms with Crippen molar-refractivity contribution in [1.29, 1.82) is 0 Å². The maximum Gasteiger partial charge on any atom is 0.133 e. The van der Waals surface area contributed by atoms with Gasteiger partial charge in [0.15, 0.2) is 0 Å². The maximum atomic E-state index is 9.79. The first kappa shape index (κ1) is 9.18. The predicted molar refractivity (Wildman–Crippen MR) is 54.7 cm³/mol. The van der Waals surface area contributed by atoms with Gasteiger partial charge < -0.3 is 10.1 Å². The zero-order valence-electron chi connectivity index (χ0n) is 8.23.